The van der Waals surface area contributed by atoms with Crippen molar-refractivity contribution < 1.29 is 14.2 Å². The molecule has 2 aliphatic heterocycles. The first-order valence-corrected chi connectivity index (χ1v) is 7.16. The van der Waals surface area contributed by atoms with Gasteiger partial charge in [0.15, 0.2) is 11.5 Å². The van der Waals surface area contributed by atoms with Gasteiger partial charge in [0.25, 0.3) is 0 Å². The molecule has 5 nitrogen and oxygen atoms in total. The summed E-state index contributed by atoms with van der Waals surface area (Å²) in [6.45, 7) is 2.63. The van der Waals surface area contributed by atoms with Crippen LogP contribution in [-0.4, -0.2) is 44.5 Å². The number of fused-ring (bicyclic) bond motifs is 1. The molecule has 2 N–H and O–H groups in total. The van der Waals surface area contributed by atoms with Gasteiger partial charge in [0, 0.05) is 32.8 Å². The van der Waals surface area contributed by atoms with Crippen LogP contribution < -0.4 is 15.2 Å². The summed E-state index contributed by atoms with van der Waals surface area (Å²) in [5.74, 6) is 1.33. The number of benzene rings is 1. The highest BCUT2D eigenvalue weighted by Crippen LogP contribution is 2.42. The number of likely N-dealkylation sites (tertiary alicyclic amines) is 1. The van der Waals surface area contributed by atoms with Gasteiger partial charge in [-0.1, -0.05) is 11.6 Å². The van der Waals surface area contributed by atoms with Crippen LogP contribution in [0.3, 0.4) is 0 Å². The Labute approximate surface area is 123 Å². The summed E-state index contributed by atoms with van der Waals surface area (Å²) in [6.07, 6.45) is 1.32. The molecule has 1 aromatic rings. The fraction of sp³-hybridized carbons (Fsp3) is 0.571. The molecule has 2 unspecified atom stereocenters. The van der Waals surface area contributed by atoms with Crippen LogP contribution in [0.4, 0.5) is 0 Å². The lowest BCUT2D eigenvalue weighted by atomic mass is 10.0. The maximum absolute atomic E-state index is 6.25. The van der Waals surface area contributed by atoms with Crippen LogP contribution >= 0.6 is 11.6 Å². The minimum absolute atomic E-state index is 0.127. The first kappa shape index (κ1) is 13.9. The lowest BCUT2D eigenvalue weighted by molar-refractivity contribution is 0.101. The number of halogens is 1. The molecule has 6 heteroatoms. The van der Waals surface area contributed by atoms with E-state index in [2.05, 4.69) is 4.90 Å². The van der Waals surface area contributed by atoms with Crippen LogP contribution in [0.25, 0.3) is 0 Å². The smallest absolute Gasteiger partial charge is 0.231 e. The Morgan fingerprint density at radius 2 is 2.35 bits per heavy atom. The first-order chi connectivity index (χ1) is 9.72. The van der Waals surface area contributed by atoms with Gasteiger partial charge in [0.05, 0.1) is 11.1 Å². The highest BCUT2D eigenvalue weighted by molar-refractivity contribution is 6.32. The Balaban J connectivity index is 1.85. The number of methoxy groups -OCH3 is 1. The molecule has 0 amide bonds. The molecule has 20 heavy (non-hydrogen) atoms. The van der Waals surface area contributed by atoms with Crippen molar-refractivity contribution in [2.75, 3.05) is 33.5 Å². The zero-order valence-electron chi connectivity index (χ0n) is 11.5. The average molecular weight is 299 g/mol. The number of nitrogens with zero attached hydrogens (tertiary/aromatic N) is 1. The van der Waals surface area contributed by atoms with Crippen LogP contribution in [0.2, 0.25) is 5.02 Å². The Bertz CT molecular complexity index is 498. The highest BCUT2D eigenvalue weighted by atomic mass is 35.5. The number of ether oxygens (including phenoxy) is 3. The zero-order chi connectivity index (χ0) is 14.1. The van der Waals surface area contributed by atoms with E-state index in [1.807, 2.05) is 12.1 Å². The number of rotatable bonds is 4. The van der Waals surface area contributed by atoms with Gasteiger partial charge in [-0.05, 0) is 24.1 Å². The number of nitrogens with two attached hydrogens (primary N) is 1. The van der Waals surface area contributed by atoms with E-state index in [-0.39, 0.29) is 18.9 Å². The molecular formula is C14H19ClN2O3. The molecule has 2 atom stereocenters. The summed E-state index contributed by atoms with van der Waals surface area (Å²) in [5, 5.41) is 0.580. The third-order valence-electron chi connectivity index (χ3n) is 4.01. The fourth-order valence-corrected chi connectivity index (χ4v) is 3.18. The van der Waals surface area contributed by atoms with Crippen molar-refractivity contribution in [2.24, 2.45) is 5.73 Å². The second-order valence-corrected chi connectivity index (χ2v) is 5.54. The van der Waals surface area contributed by atoms with Crippen molar-refractivity contribution in [1.29, 1.82) is 0 Å². The summed E-state index contributed by atoms with van der Waals surface area (Å²) in [5.41, 5.74) is 7.04. The van der Waals surface area contributed by atoms with Crippen molar-refractivity contribution in [3.05, 3.63) is 22.7 Å². The van der Waals surface area contributed by atoms with Gasteiger partial charge in [-0.3, -0.25) is 4.90 Å². The first-order valence-electron chi connectivity index (χ1n) is 6.79. The van der Waals surface area contributed by atoms with Gasteiger partial charge < -0.3 is 19.9 Å². The van der Waals surface area contributed by atoms with E-state index in [1.54, 1.807) is 7.11 Å². The molecule has 2 heterocycles. The Morgan fingerprint density at radius 1 is 1.50 bits per heavy atom. The highest BCUT2D eigenvalue weighted by Gasteiger charge is 2.30. The molecule has 1 saturated heterocycles. The summed E-state index contributed by atoms with van der Waals surface area (Å²) in [6, 6.07) is 4.03. The normalized spacial score (nSPS) is 23.2. The van der Waals surface area contributed by atoms with Gasteiger partial charge >= 0.3 is 0 Å². The largest absolute Gasteiger partial charge is 0.454 e. The van der Waals surface area contributed by atoms with Crippen LogP contribution in [0.5, 0.6) is 11.5 Å². The lowest BCUT2D eigenvalue weighted by Gasteiger charge is -2.27. The van der Waals surface area contributed by atoms with Crippen LogP contribution in [-0.2, 0) is 4.74 Å². The van der Waals surface area contributed by atoms with Gasteiger partial charge in [0.1, 0.15) is 0 Å². The molecule has 0 spiro atoms. The molecule has 1 aromatic carbocycles. The molecule has 1 fully saturated rings. The zero-order valence-corrected chi connectivity index (χ0v) is 12.2. The Kier molecular flexibility index (Phi) is 4.03. The summed E-state index contributed by atoms with van der Waals surface area (Å²) in [7, 11) is 1.75. The number of hydrogen-bond acceptors (Lipinski definition) is 5. The van der Waals surface area contributed by atoms with Crippen molar-refractivity contribution >= 4 is 11.6 Å². The quantitative estimate of drug-likeness (QED) is 0.918. The summed E-state index contributed by atoms with van der Waals surface area (Å²) in [4.78, 5) is 2.34. The topological polar surface area (TPSA) is 57.0 Å². The second-order valence-electron chi connectivity index (χ2n) is 5.13. The van der Waals surface area contributed by atoms with Gasteiger partial charge in [-0.15, -0.1) is 0 Å². The van der Waals surface area contributed by atoms with Crippen molar-refractivity contribution in [3.63, 3.8) is 0 Å². The summed E-state index contributed by atoms with van der Waals surface area (Å²) >= 11 is 6.25. The van der Waals surface area contributed by atoms with E-state index in [0.29, 0.717) is 23.1 Å². The molecule has 2 aliphatic rings. The summed E-state index contributed by atoms with van der Waals surface area (Å²) < 4.78 is 16.2. The van der Waals surface area contributed by atoms with E-state index in [4.69, 9.17) is 31.5 Å². The molecule has 0 radical (unpaired) electrons. The maximum Gasteiger partial charge on any atom is 0.231 e. The monoisotopic (exact) mass is 298 g/mol. The van der Waals surface area contributed by atoms with E-state index < -0.39 is 0 Å². The Morgan fingerprint density at radius 3 is 3.05 bits per heavy atom. The molecule has 0 bridgehead atoms. The van der Waals surface area contributed by atoms with E-state index in [0.717, 1.165) is 25.1 Å². The molecule has 0 aliphatic carbocycles. The van der Waals surface area contributed by atoms with E-state index >= 15 is 0 Å². The Hall–Kier alpha value is -1.01. The lowest BCUT2D eigenvalue weighted by Crippen LogP contribution is -2.33. The SMILES string of the molecule is COC1CCN(C(CN)c2cc(Cl)c3c(c2)OCO3)C1. The molecule has 3 rings (SSSR count). The average Bonchev–Trinajstić information content (AvgIpc) is 3.08. The van der Waals surface area contributed by atoms with Crippen LogP contribution in [0.15, 0.2) is 12.1 Å². The third kappa shape index (κ3) is 2.46. The van der Waals surface area contributed by atoms with Gasteiger partial charge in [0.2, 0.25) is 6.79 Å². The minimum atomic E-state index is 0.127. The minimum Gasteiger partial charge on any atom is -0.454 e. The van der Waals surface area contributed by atoms with Crippen LogP contribution in [0, 0.1) is 0 Å². The molecule has 0 saturated carbocycles. The third-order valence-corrected chi connectivity index (χ3v) is 4.29. The van der Waals surface area contributed by atoms with Crippen molar-refractivity contribution in [1.82, 2.24) is 4.90 Å². The van der Waals surface area contributed by atoms with E-state index in [1.165, 1.54) is 0 Å². The van der Waals surface area contributed by atoms with Crippen molar-refractivity contribution in [3.8, 4) is 11.5 Å². The number of hydrogen-bond donors (Lipinski definition) is 1. The van der Waals surface area contributed by atoms with Gasteiger partial charge in [-0.25, -0.2) is 0 Å². The van der Waals surface area contributed by atoms with Crippen LogP contribution in [0.1, 0.15) is 18.0 Å². The molecule has 0 aromatic heterocycles. The predicted molar refractivity (Wildman–Crippen MR) is 76.4 cm³/mol. The van der Waals surface area contributed by atoms with Gasteiger partial charge in [-0.2, -0.15) is 0 Å². The predicted octanol–water partition coefficient (Wildman–Crippen LogP) is 1.79. The maximum atomic E-state index is 6.25. The molecular weight excluding hydrogens is 280 g/mol. The van der Waals surface area contributed by atoms with E-state index in [9.17, 15) is 0 Å². The fourth-order valence-electron chi connectivity index (χ4n) is 2.91. The standard InChI is InChI=1S/C14H19ClN2O3/c1-18-10-2-3-17(7-10)12(6-16)9-4-11(15)14-13(5-9)19-8-20-14/h4-5,10,12H,2-3,6-8,16H2,1H3. The van der Waals surface area contributed by atoms with Crippen molar-refractivity contribution in [2.45, 2.75) is 18.6 Å². The molecule has 110 valence electrons. The second kappa shape index (κ2) is 5.77.